The highest BCUT2D eigenvalue weighted by Crippen LogP contribution is 2.21. The lowest BCUT2D eigenvalue weighted by atomic mass is 10.2. The second kappa shape index (κ2) is 7.86. The van der Waals surface area contributed by atoms with Gasteiger partial charge in [-0.15, -0.1) is 12.4 Å². The molecule has 2 N–H and O–H groups in total. The number of ether oxygens (including phenoxy) is 1. The molecule has 2 atom stereocenters. The maximum Gasteiger partial charge on any atom is 0.263 e. The summed E-state index contributed by atoms with van der Waals surface area (Å²) in [5.74, 6) is 0.725. The van der Waals surface area contributed by atoms with Crippen LogP contribution in [0.5, 0.6) is 5.75 Å². The highest BCUT2D eigenvalue weighted by atomic mass is 79.9. The summed E-state index contributed by atoms with van der Waals surface area (Å²) in [6, 6.07) is 7.65. The molecule has 20 heavy (non-hydrogen) atoms. The molecule has 1 aliphatic rings. The van der Waals surface area contributed by atoms with Crippen molar-refractivity contribution in [2.24, 2.45) is 5.73 Å². The third-order valence-electron chi connectivity index (χ3n) is 3.41. The maximum absolute atomic E-state index is 12.3. The lowest BCUT2D eigenvalue weighted by Crippen LogP contribution is -2.45. The summed E-state index contributed by atoms with van der Waals surface area (Å²) in [6.07, 6.45) is 1.54. The van der Waals surface area contributed by atoms with Crippen molar-refractivity contribution in [1.29, 1.82) is 0 Å². The fourth-order valence-corrected chi connectivity index (χ4v) is 2.64. The van der Waals surface area contributed by atoms with E-state index in [4.69, 9.17) is 10.5 Å². The van der Waals surface area contributed by atoms with Gasteiger partial charge in [0.05, 0.1) is 0 Å². The van der Waals surface area contributed by atoms with E-state index in [0.29, 0.717) is 12.3 Å². The summed E-state index contributed by atoms with van der Waals surface area (Å²) >= 11 is 3.37. The van der Waals surface area contributed by atoms with E-state index in [1.54, 1.807) is 6.92 Å². The number of rotatable bonds is 4. The minimum Gasteiger partial charge on any atom is -0.481 e. The third-order valence-corrected chi connectivity index (χ3v) is 3.94. The van der Waals surface area contributed by atoms with Crippen LogP contribution in [-0.2, 0) is 4.79 Å². The van der Waals surface area contributed by atoms with Gasteiger partial charge in [-0.2, -0.15) is 0 Å². The molecule has 0 saturated carbocycles. The van der Waals surface area contributed by atoms with E-state index >= 15 is 0 Å². The number of nitrogens with zero attached hydrogens (tertiary/aromatic N) is 1. The predicted octanol–water partition coefficient (Wildman–Crippen LogP) is 2.59. The first kappa shape index (κ1) is 17.3. The molecule has 2 rings (SSSR count). The Labute approximate surface area is 134 Å². The minimum absolute atomic E-state index is 0. The van der Waals surface area contributed by atoms with Gasteiger partial charge in [0, 0.05) is 23.6 Å². The molecule has 1 aromatic carbocycles. The maximum atomic E-state index is 12.3. The number of carbonyl (C=O) groups excluding carboxylic acids is 1. The molecule has 0 radical (unpaired) electrons. The molecule has 6 heteroatoms. The molecule has 1 aliphatic heterocycles. The molecule has 1 heterocycles. The average molecular weight is 364 g/mol. The van der Waals surface area contributed by atoms with Crippen LogP contribution in [0, 0.1) is 0 Å². The van der Waals surface area contributed by atoms with E-state index in [2.05, 4.69) is 15.9 Å². The topological polar surface area (TPSA) is 55.6 Å². The predicted molar refractivity (Wildman–Crippen MR) is 85.3 cm³/mol. The van der Waals surface area contributed by atoms with Crippen LogP contribution in [-0.4, -0.2) is 36.0 Å². The van der Waals surface area contributed by atoms with Gasteiger partial charge in [-0.3, -0.25) is 4.79 Å². The van der Waals surface area contributed by atoms with E-state index in [1.807, 2.05) is 29.2 Å². The van der Waals surface area contributed by atoms with Gasteiger partial charge in [0.25, 0.3) is 5.91 Å². The number of carbonyl (C=O) groups is 1. The van der Waals surface area contributed by atoms with Crippen LogP contribution in [0.1, 0.15) is 19.8 Å². The molecular formula is C14H20BrClN2O2. The van der Waals surface area contributed by atoms with Crippen molar-refractivity contribution < 1.29 is 9.53 Å². The fraction of sp³-hybridized carbons (Fsp3) is 0.500. The molecular weight excluding hydrogens is 344 g/mol. The van der Waals surface area contributed by atoms with Gasteiger partial charge in [-0.25, -0.2) is 0 Å². The van der Waals surface area contributed by atoms with Crippen molar-refractivity contribution in [3.63, 3.8) is 0 Å². The Bertz CT molecular complexity index is 441. The zero-order chi connectivity index (χ0) is 13.8. The molecule has 1 saturated heterocycles. The summed E-state index contributed by atoms with van der Waals surface area (Å²) in [5.41, 5.74) is 5.69. The molecule has 1 amide bonds. The summed E-state index contributed by atoms with van der Waals surface area (Å²) in [6.45, 7) is 3.10. The quantitative estimate of drug-likeness (QED) is 0.894. The minimum atomic E-state index is -0.478. The second-order valence-corrected chi connectivity index (χ2v) is 5.69. The molecule has 2 unspecified atom stereocenters. The molecule has 0 bridgehead atoms. The highest BCUT2D eigenvalue weighted by molar-refractivity contribution is 9.10. The summed E-state index contributed by atoms with van der Waals surface area (Å²) < 4.78 is 6.67. The van der Waals surface area contributed by atoms with Crippen LogP contribution in [0.4, 0.5) is 0 Å². The molecule has 1 aromatic rings. The number of benzene rings is 1. The van der Waals surface area contributed by atoms with Crippen molar-refractivity contribution in [3.05, 3.63) is 28.7 Å². The van der Waals surface area contributed by atoms with Gasteiger partial charge < -0.3 is 15.4 Å². The van der Waals surface area contributed by atoms with Crippen LogP contribution in [0.25, 0.3) is 0 Å². The molecule has 0 aromatic heterocycles. The SMILES string of the molecule is CC(Oc1ccc(Br)cc1)C(=O)N1CCCC1CN.Cl. The first-order valence-corrected chi connectivity index (χ1v) is 7.34. The lowest BCUT2D eigenvalue weighted by Gasteiger charge is -2.26. The summed E-state index contributed by atoms with van der Waals surface area (Å²) in [7, 11) is 0. The van der Waals surface area contributed by atoms with Gasteiger partial charge in [0.1, 0.15) is 5.75 Å². The highest BCUT2D eigenvalue weighted by Gasteiger charge is 2.31. The monoisotopic (exact) mass is 362 g/mol. The van der Waals surface area contributed by atoms with Gasteiger partial charge in [0.2, 0.25) is 0 Å². The summed E-state index contributed by atoms with van der Waals surface area (Å²) in [5, 5.41) is 0. The van der Waals surface area contributed by atoms with Crippen molar-refractivity contribution in [2.45, 2.75) is 31.9 Å². The molecule has 0 spiro atoms. The molecule has 1 fully saturated rings. The standard InChI is InChI=1S/C14H19BrN2O2.ClH/c1-10(19-13-6-4-11(15)5-7-13)14(18)17-8-2-3-12(17)9-16;/h4-7,10,12H,2-3,8-9,16H2,1H3;1H. The number of hydrogen-bond donors (Lipinski definition) is 1. The largest absolute Gasteiger partial charge is 0.481 e. The number of nitrogens with two attached hydrogens (primary N) is 1. The smallest absolute Gasteiger partial charge is 0.263 e. The Hall–Kier alpha value is -0.780. The van der Waals surface area contributed by atoms with Crippen LogP contribution in [0.3, 0.4) is 0 Å². The zero-order valence-electron chi connectivity index (χ0n) is 11.4. The normalized spacial score (nSPS) is 19.4. The van der Waals surface area contributed by atoms with E-state index < -0.39 is 6.10 Å². The Morgan fingerprint density at radius 2 is 2.15 bits per heavy atom. The Morgan fingerprint density at radius 1 is 1.50 bits per heavy atom. The molecule has 4 nitrogen and oxygen atoms in total. The Kier molecular flexibility index (Phi) is 6.79. The van der Waals surface area contributed by atoms with Gasteiger partial charge in [-0.1, -0.05) is 15.9 Å². The van der Waals surface area contributed by atoms with Crippen molar-refractivity contribution in [1.82, 2.24) is 4.90 Å². The molecule has 0 aliphatic carbocycles. The lowest BCUT2D eigenvalue weighted by molar-refractivity contribution is -0.138. The van der Waals surface area contributed by atoms with E-state index in [-0.39, 0.29) is 24.4 Å². The number of amides is 1. The van der Waals surface area contributed by atoms with Gasteiger partial charge in [0.15, 0.2) is 6.10 Å². The Balaban J connectivity index is 0.00000200. The van der Waals surface area contributed by atoms with E-state index in [1.165, 1.54) is 0 Å². The van der Waals surface area contributed by atoms with Crippen LogP contribution in [0.15, 0.2) is 28.7 Å². The third kappa shape index (κ3) is 4.11. The number of hydrogen-bond acceptors (Lipinski definition) is 3. The zero-order valence-corrected chi connectivity index (χ0v) is 13.8. The van der Waals surface area contributed by atoms with E-state index in [9.17, 15) is 4.79 Å². The Morgan fingerprint density at radius 3 is 2.75 bits per heavy atom. The first-order valence-electron chi connectivity index (χ1n) is 6.54. The van der Waals surface area contributed by atoms with Crippen LogP contribution < -0.4 is 10.5 Å². The summed E-state index contributed by atoms with van der Waals surface area (Å²) in [4.78, 5) is 14.2. The van der Waals surface area contributed by atoms with E-state index in [0.717, 1.165) is 23.9 Å². The average Bonchev–Trinajstić information content (AvgIpc) is 2.88. The number of halogens is 2. The van der Waals surface area contributed by atoms with Crippen LogP contribution >= 0.6 is 28.3 Å². The number of likely N-dealkylation sites (tertiary alicyclic amines) is 1. The first-order chi connectivity index (χ1) is 9.11. The van der Waals surface area contributed by atoms with Gasteiger partial charge >= 0.3 is 0 Å². The fourth-order valence-electron chi connectivity index (χ4n) is 2.37. The van der Waals surface area contributed by atoms with Crippen LogP contribution in [0.2, 0.25) is 0 Å². The van der Waals surface area contributed by atoms with Crippen molar-refractivity contribution in [2.75, 3.05) is 13.1 Å². The van der Waals surface area contributed by atoms with Crippen molar-refractivity contribution in [3.8, 4) is 5.75 Å². The van der Waals surface area contributed by atoms with Gasteiger partial charge in [-0.05, 0) is 44.0 Å². The second-order valence-electron chi connectivity index (χ2n) is 4.78. The van der Waals surface area contributed by atoms with Crippen molar-refractivity contribution >= 4 is 34.2 Å². The molecule has 112 valence electrons.